The highest BCUT2D eigenvalue weighted by Crippen LogP contribution is 2.30. The molecule has 132 valence electrons. The van der Waals surface area contributed by atoms with Crippen molar-refractivity contribution >= 4 is 17.5 Å². The standard InChI is InChI=1S/C18H25ClN2O3/c1-23-8-9-24-17-3-2-15(19)10-16(17)18(22)21-6-4-13-11-20-12-14(13)5-7-21/h2-3,10,13-14,20H,4-9,11-12H2,1H3/t13-,14+. The molecule has 0 bridgehead atoms. The van der Waals surface area contributed by atoms with Crippen LogP contribution >= 0.6 is 11.6 Å². The van der Waals surface area contributed by atoms with Gasteiger partial charge in [-0.3, -0.25) is 4.79 Å². The summed E-state index contributed by atoms with van der Waals surface area (Å²) in [5.41, 5.74) is 0.545. The molecular weight excluding hydrogens is 328 g/mol. The maximum absolute atomic E-state index is 13.0. The molecule has 2 fully saturated rings. The number of fused-ring (bicyclic) bond motifs is 1. The van der Waals surface area contributed by atoms with Crippen LogP contribution in [0.3, 0.4) is 0 Å². The van der Waals surface area contributed by atoms with Gasteiger partial charge in [0.1, 0.15) is 12.4 Å². The van der Waals surface area contributed by atoms with Crippen molar-refractivity contribution in [2.24, 2.45) is 11.8 Å². The number of carbonyl (C=O) groups excluding carboxylic acids is 1. The second kappa shape index (κ2) is 8.19. The molecule has 0 saturated carbocycles. The molecule has 2 aliphatic heterocycles. The van der Waals surface area contributed by atoms with Crippen LogP contribution in [-0.4, -0.2) is 57.3 Å². The van der Waals surface area contributed by atoms with Crippen LogP contribution in [-0.2, 0) is 4.74 Å². The van der Waals surface area contributed by atoms with Gasteiger partial charge >= 0.3 is 0 Å². The molecule has 2 saturated heterocycles. The Kier molecular flexibility index (Phi) is 5.98. The van der Waals surface area contributed by atoms with Gasteiger partial charge in [-0.05, 0) is 56.0 Å². The van der Waals surface area contributed by atoms with E-state index >= 15 is 0 Å². The molecule has 1 amide bonds. The van der Waals surface area contributed by atoms with E-state index in [-0.39, 0.29) is 5.91 Å². The topological polar surface area (TPSA) is 50.8 Å². The van der Waals surface area contributed by atoms with Crippen molar-refractivity contribution in [1.29, 1.82) is 0 Å². The Balaban J connectivity index is 1.72. The molecule has 1 N–H and O–H groups in total. The number of nitrogens with zero attached hydrogens (tertiary/aromatic N) is 1. The predicted octanol–water partition coefficient (Wildman–Crippen LogP) is 2.44. The number of hydrogen-bond acceptors (Lipinski definition) is 4. The zero-order chi connectivity index (χ0) is 16.9. The van der Waals surface area contributed by atoms with Crippen LogP contribution in [0, 0.1) is 11.8 Å². The minimum absolute atomic E-state index is 0.0119. The third kappa shape index (κ3) is 4.02. The molecule has 6 heteroatoms. The van der Waals surface area contributed by atoms with Crippen molar-refractivity contribution in [1.82, 2.24) is 10.2 Å². The van der Waals surface area contributed by atoms with E-state index in [2.05, 4.69) is 5.32 Å². The van der Waals surface area contributed by atoms with Gasteiger partial charge in [0.25, 0.3) is 5.91 Å². The first-order valence-corrected chi connectivity index (χ1v) is 8.98. The van der Waals surface area contributed by atoms with E-state index in [1.54, 1.807) is 25.3 Å². The number of methoxy groups -OCH3 is 1. The summed E-state index contributed by atoms with van der Waals surface area (Å²) >= 11 is 6.11. The largest absolute Gasteiger partial charge is 0.490 e. The first-order valence-electron chi connectivity index (χ1n) is 8.60. The summed E-state index contributed by atoms with van der Waals surface area (Å²) in [6, 6.07) is 5.22. The summed E-state index contributed by atoms with van der Waals surface area (Å²) in [7, 11) is 1.63. The highest BCUT2D eigenvalue weighted by Gasteiger charge is 2.32. The SMILES string of the molecule is COCCOc1ccc(Cl)cc1C(=O)N1CC[C@@H]2CNC[C@@H]2CC1. The van der Waals surface area contributed by atoms with Crippen LogP contribution < -0.4 is 10.1 Å². The maximum atomic E-state index is 13.0. The van der Waals surface area contributed by atoms with Crippen LogP contribution in [0.4, 0.5) is 0 Å². The number of halogens is 1. The Morgan fingerprint density at radius 2 is 1.96 bits per heavy atom. The highest BCUT2D eigenvalue weighted by molar-refractivity contribution is 6.31. The van der Waals surface area contributed by atoms with E-state index in [1.165, 1.54) is 0 Å². The fourth-order valence-electron chi connectivity index (χ4n) is 3.62. The lowest BCUT2D eigenvalue weighted by Crippen LogP contribution is -2.33. The number of hydrogen-bond donors (Lipinski definition) is 1. The zero-order valence-corrected chi connectivity index (χ0v) is 14.8. The van der Waals surface area contributed by atoms with E-state index < -0.39 is 0 Å². The molecule has 0 radical (unpaired) electrons. The maximum Gasteiger partial charge on any atom is 0.257 e. The van der Waals surface area contributed by atoms with E-state index in [4.69, 9.17) is 21.1 Å². The molecule has 0 aliphatic carbocycles. The zero-order valence-electron chi connectivity index (χ0n) is 14.1. The number of likely N-dealkylation sites (tertiary alicyclic amines) is 1. The number of benzene rings is 1. The lowest BCUT2D eigenvalue weighted by molar-refractivity contribution is 0.0751. The summed E-state index contributed by atoms with van der Waals surface area (Å²) in [5, 5.41) is 4.01. The van der Waals surface area contributed by atoms with Gasteiger partial charge in [0.05, 0.1) is 12.2 Å². The summed E-state index contributed by atoms with van der Waals surface area (Å²) in [6.07, 6.45) is 2.12. The van der Waals surface area contributed by atoms with Gasteiger partial charge in [-0.2, -0.15) is 0 Å². The minimum atomic E-state index is 0.0119. The van der Waals surface area contributed by atoms with Crippen molar-refractivity contribution in [3.8, 4) is 5.75 Å². The molecule has 2 aliphatic rings. The first kappa shape index (κ1) is 17.5. The smallest absolute Gasteiger partial charge is 0.257 e. The van der Waals surface area contributed by atoms with Gasteiger partial charge in [-0.15, -0.1) is 0 Å². The Morgan fingerprint density at radius 3 is 2.62 bits per heavy atom. The average Bonchev–Trinajstić information content (AvgIpc) is 2.94. The Morgan fingerprint density at radius 1 is 1.25 bits per heavy atom. The second-order valence-corrected chi connectivity index (χ2v) is 6.97. The monoisotopic (exact) mass is 352 g/mol. The minimum Gasteiger partial charge on any atom is -0.490 e. The number of nitrogens with one attached hydrogen (secondary N) is 1. The Labute approximate surface area is 148 Å². The lowest BCUT2D eigenvalue weighted by atomic mass is 9.92. The first-order chi connectivity index (χ1) is 11.7. The summed E-state index contributed by atoms with van der Waals surface area (Å²) in [4.78, 5) is 15.0. The number of ether oxygens (including phenoxy) is 2. The third-order valence-electron chi connectivity index (χ3n) is 5.02. The molecule has 5 nitrogen and oxygen atoms in total. The van der Waals surface area contributed by atoms with Crippen molar-refractivity contribution in [3.05, 3.63) is 28.8 Å². The Hall–Kier alpha value is -1.30. The van der Waals surface area contributed by atoms with Gasteiger partial charge in [0, 0.05) is 25.2 Å². The van der Waals surface area contributed by atoms with E-state index in [0.29, 0.717) is 41.4 Å². The van der Waals surface area contributed by atoms with Gasteiger partial charge in [0.2, 0.25) is 0 Å². The molecule has 0 unspecified atom stereocenters. The fourth-order valence-corrected chi connectivity index (χ4v) is 3.79. The number of amides is 1. The molecule has 1 aromatic rings. The molecule has 3 rings (SSSR count). The van der Waals surface area contributed by atoms with Crippen molar-refractivity contribution < 1.29 is 14.3 Å². The normalized spacial score (nSPS) is 23.7. The average molecular weight is 353 g/mol. The molecule has 2 atom stereocenters. The Bertz CT molecular complexity index is 567. The van der Waals surface area contributed by atoms with Crippen LogP contribution in [0.15, 0.2) is 18.2 Å². The number of rotatable bonds is 5. The van der Waals surface area contributed by atoms with Gasteiger partial charge in [-0.25, -0.2) is 0 Å². The molecule has 24 heavy (non-hydrogen) atoms. The lowest BCUT2D eigenvalue weighted by Gasteiger charge is -2.22. The van der Waals surface area contributed by atoms with Crippen molar-refractivity contribution in [2.75, 3.05) is 46.5 Å². The second-order valence-electron chi connectivity index (χ2n) is 6.53. The highest BCUT2D eigenvalue weighted by atomic mass is 35.5. The van der Waals surface area contributed by atoms with Crippen LogP contribution in [0.25, 0.3) is 0 Å². The summed E-state index contributed by atoms with van der Waals surface area (Å²) in [6.45, 7) is 4.65. The summed E-state index contributed by atoms with van der Waals surface area (Å²) in [5.74, 6) is 1.98. The fraction of sp³-hybridized carbons (Fsp3) is 0.611. The van der Waals surface area contributed by atoms with Gasteiger partial charge in [0.15, 0.2) is 0 Å². The van der Waals surface area contributed by atoms with E-state index in [9.17, 15) is 4.79 Å². The van der Waals surface area contributed by atoms with E-state index in [1.807, 2.05) is 4.90 Å². The molecule has 1 aromatic carbocycles. The predicted molar refractivity (Wildman–Crippen MR) is 93.8 cm³/mol. The van der Waals surface area contributed by atoms with Gasteiger partial charge in [-0.1, -0.05) is 11.6 Å². The molecule has 2 heterocycles. The quantitative estimate of drug-likeness (QED) is 0.827. The molecule has 0 spiro atoms. The van der Waals surface area contributed by atoms with Crippen molar-refractivity contribution in [2.45, 2.75) is 12.8 Å². The van der Waals surface area contributed by atoms with Crippen LogP contribution in [0.5, 0.6) is 5.75 Å². The van der Waals surface area contributed by atoms with E-state index in [0.717, 1.165) is 39.0 Å². The summed E-state index contributed by atoms with van der Waals surface area (Å²) < 4.78 is 10.7. The van der Waals surface area contributed by atoms with Crippen molar-refractivity contribution in [3.63, 3.8) is 0 Å². The molecule has 0 aromatic heterocycles. The van der Waals surface area contributed by atoms with Gasteiger partial charge < -0.3 is 19.7 Å². The third-order valence-corrected chi connectivity index (χ3v) is 5.26. The molecular formula is C18H25ClN2O3. The van der Waals surface area contributed by atoms with Crippen LogP contribution in [0.1, 0.15) is 23.2 Å². The van der Waals surface area contributed by atoms with Crippen LogP contribution in [0.2, 0.25) is 5.02 Å². The number of carbonyl (C=O) groups is 1.